The Labute approximate surface area is 264 Å². The van der Waals surface area contributed by atoms with Crippen LogP contribution in [0.25, 0.3) is 64.6 Å². The minimum Gasteiger partial charge on any atom is -0.436 e. The van der Waals surface area contributed by atoms with Crippen molar-refractivity contribution >= 4 is 70.4 Å². The highest BCUT2D eigenvalue weighted by Crippen LogP contribution is 2.43. The summed E-state index contributed by atoms with van der Waals surface area (Å²) in [6.45, 7) is 0. The third-order valence-electron chi connectivity index (χ3n) is 8.50. The van der Waals surface area contributed by atoms with Crippen molar-refractivity contribution in [3.8, 4) is 22.6 Å². The first-order valence-electron chi connectivity index (χ1n) is 15.0. The fourth-order valence-electron chi connectivity index (χ4n) is 6.33. The summed E-state index contributed by atoms with van der Waals surface area (Å²) < 4.78 is 8.78. The largest absolute Gasteiger partial charge is 0.436 e. The van der Waals surface area contributed by atoms with E-state index in [9.17, 15) is 0 Å². The molecule has 0 aliphatic rings. The highest BCUT2D eigenvalue weighted by molar-refractivity contribution is 7.26. The summed E-state index contributed by atoms with van der Waals surface area (Å²) in [6, 6.07) is 55.5. The number of thiophene rings is 1. The minimum absolute atomic E-state index is 0.634. The summed E-state index contributed by atoms with van der Waals surface area (Å²) in [7, 11) is 0. The van der Waals surface area contributed by atoms with E-state index in [4.69, 9.17) is 9.40 Å². The zero-order chi connectivity index (χ0) is 29.7. The molecule has 9 rings (SSSR count). The first kappa shape index (κ1) is 25.8. The predicted molar refractivity (Wildman–Crippen MR) is 190 cm³/mol. The molecule has 7 aromatic carbocycles. The monoisotopic (exact) mass is 594 g/mol. The first-order valence-corrected chi connectivity index (χ1v) is 15.9. The van der Waals surface area contributed by atoms with E-state index >= 15 is 0 Å². The molecule has 2 aromatic heterocycles. The minimum atomic E-state index is 0.634. The number of oxazole rings is 1. The van der Waals surface area contributed by atoms with Crippen molar-refractivity contribution in [3.63, 3.8) is 0 Å². The van der Waals surface area contributed by atoms with Gasteiger partial charge < -0.3 is 9.32 Å². The molecule has 3 nitrogen and oxygen atoms in total. The van der Waals surface area contributed by atoms with E-state index in [0.29, 0.717) is 5.89 Å². The first-order chi connectivity index (χ1) is 22.3. The fourth-order valence-corrected chi connectivity index (χ4v) is 7.60. The number of hydrogen-bond acceptors (Lipinski definition) is 4. The van der Waals surface area contributed by atoms with Gasteiger partial charge in [-0.2, -0.15) is 0 Å². The highest BCUT2D eigenvalue weighted by atomic mass is 32.1. The van der Waals surface area contributed by atoms with Gasteiger partial charge in [0.15, 0.2) is 5.58 Å². The molecule has 0 fully saturated rings. The maximum absolute atomic E-state index is 6.16. The fraction of sp³-hybridized carbons (Fsp3) is 0. The molecule has 9 aromatic rings. The molecule has 0 saturated heterocycles. The lowest BCUT2D eigenvalue weighted by atomic mass is 10.0. The van der Waals surface area contributed by atoms with Gasteiger partial charge >= 0.3 is 0 Å². The lowest BCUT2D eigenvalue weighted by molar-refractivity contribution is 0.620. The molecule has 0 bridgehead atoms. The Balaban J connectivity index is 1.14. The summed E-state index contributed by atoms with van der Waals surface area (Å²) in [5.74, 6) is 0.634. The number of anilines is 3. The maximum Gasteiger partial charge on any atom is 0.227 e. The van der Waals surface area contributed by atoms with Crippen LogP contribution in [0.4, 0.5) is 17.1 Å². The van der Waals surface area contributed by atoms with E-state index in [0.717, 1.165) is 44.9 Å². The van der Waals surface area contributed by atoms with Crippen LogP contribution in [-0.4, -0.2) is 4.98 Å². The molecular weight excluding hydrogens is 569 g/mol. The Morgan fingerprint density at radius 1 is 0.511 bits per heavy atom. The average Bonchev–Trinajstić information content (AvgIpc) is 3.72. The Bertz CT molecular complexity index is 2480. The van der Waals surface area contributed by atoms with Crippen molar-refractivity contribution in [1.82, 2.24) is 4.98 Å². The van der Waals surface area contributed by atoms with Crippen LogP contribution >= 0.6 is 11.3 Å². The number of fused-ring (bicyclic) bond motifs is 6. The summed E-state index contributed by atoms with van der Waals surface area (Å²) in [6.07, 6.45) is 0. The maximum atomic E-state index is 6.16. The number of para-hydroxylation sites is 2. The second-order valence-electron chi connectivity index (χ2n) is 11.2. The van der Waals surface area contributed by atoms with Crippen molar-refractivity contribution in [3.05, 3.63) is 158 Å². The van der Waals surface area contributed by atoms with Gasteiger partial charge in [-0.05, 0) is 70.9 Å². The van der Waals surface area contributed by atoms with E-state index < -0.39 is 0 Å². The standard InChI is InChI=1S/C41H26N2OS/c1-3-11-29(12-4-1)41-42-39-33(16-9-17-37(39)44-41)28-18-21-31(22-19-28)43(30-13-5-2-6-14-30)32-23-25-35-36-24-20-27-10-7-8-15-34(27)40(36)45-38(35)26-32/h1-26H. The van der Waals surface area contributed by atoms with Gasteiger partial charge in [0, 0.05) is 48.4 Å². The van der Waals surface area contributed by atoms with E-state index in [1.165, 1.54) is 30.9 Å². The Hall–Kier alpha value is -5.71. The van der Waals surface area contributed by atoms with E-state index in [1.807, 2.05) is 53.8 Å². The third-order valence-corrected chi connectivity index (χ3v) is 9.70. The van der Waals surface area contributed by atoms with Gasteiger partial charge in [0.25, 0.3) is 0 Å². The van der Waals surface area contributed by atoms with E-state index in [2.05, 4.69) is 120 Å². The van der Waals surface area contributed by atoms with Crippen LogP contribution in [-0.2, 0) is 0 Å². The molecule has 4 heteroatoms. The van der Waals surface area contributed by atoms with Crippen molar-refractivity contribution in [2.24, 2.45) is 0 Å². The molecule has 2 heterocycles. The summed E-state index contributed by atoms with van der Waals surface area (Å²) >= 11 is 1.87. The van der Waals surface area contributed by atoms with Crippen LogP contribution in [0.5, 0.6) is 0 Å². The number of aromatic nitrogens is 1. The molecule has 0 atom stereocenters. The number of hydrogen-bond donors (Lipinski definition) is 0. The van der Waals surface area contributed by atoms with Crippen molar-refractivity contribution in [1.29, 1.82) is 0 Å². The summed E-state index contributed by atoms with van der Waals surface area (Å²) in [4.78, 5) is 7.23. The van der Waals surface area contributed by atoms with Crippen molar-refractivity contribution in [2.75, 3.05) is 4.90 Å². The van der Waals surface area contributed by atoms with Gasteiger partial charge in [-0.25, -0.2) is 4.98 Å². The predicted octanol–water partition coefficient (Wildman–Crippen LogP) is 12.2. The number of benzene rings is 7. The van der Waals surface area contributed by atoms with Crippen LogP contribution in [0.3, 0.4) is 0 Å². The van der Waals surface area contributed by atoms with Gasteiger partial charge in [-0.15, -0.1) is 11.3 Å². The lowest BCUT2D eigenvalue weighted by Gasteiger charge is -2.25. The Morgan fingerprint density at radius 2 is 1.22 bits per heavy atom. The molecule has 45 heavy (non-hydrogen) atoms. The van der Waals surface area contributed by atoms with Crippen molar-refractivity contribution < 1.29 is 4.42 Å². The van der Waals surface area contributed by atoms with Gasteiger partial charge in [0.05, 0.1) is 0 Å². The number of nitrogens with zero attached hydrogens (tertiary/aromatic N) is 2. The van der Waals surface area contributed by atoms with Crippen LogP contribution in [0.15, 0.2) is 162 Å². The summed E-state index contributed by atoms with van der Waals surface area (Å²) in [5, 5.41) is 5.20. The van der Waals surface area contributed by atoms with Gasteiger partial charge in [-0.1, -0.05) is 103 Å². The second-order valence-corrected chi connectivity index (χ2v) is 12.3. The Kier molecular flexibility index (Phi) is 6.00. The lowest BCUT2D eigenvalue weighted by Crippen LogP contribution is -2.09. The zero-order valence-corrected chi connectivity index (χ0v) is 25.0. The zero-order valence-electron chi connectivity index (χ0n) is 24.2. The van der Waals surface area contributed by atoms with E-state index in [1.54, 1.807) is 0 Å². The van der Waals surface area contributed by atoms with Crippen molar-refractivity contribution in [2.45, 2.75) is 0 Å². The highest BCUT2D eigenvalue weighted by Gasteiger charge is 2.17. The van der Waals surface area contributed by atoms with Crippen LogP contribution in [0, 0.1) is 0 Å². The molecule has 0 amide bonds. The average molecular weight is 595 g/mol. The molecule has 0 N–H and O–H groups in total. The molecule has 0 saturated carbocycles. The van der Waals surface area contributed by atoms with Crippen LogP contribution in [0.1, 0.15) is 0 Å². The molecule has 0 unspecified atom stereocenters. The van der Waals surface area contributed by atoms with Gasteiger partial charge in [0.1, 0.15) is 5.52 Å². The van der Waals surface area contributed by atoms with Crippen LogP contribution in [0.2, 0.25) is 0 Å². The molecule has 0 spiro atoms. The Morgan fingerprint density at radius 3 is 2.07 bits per heavy atom. The smallest absolute Gasteiger partial charge is 0.227 e. The molecule has 0 aliphatic carbocycles. The van der Waals surface area contributed by atoms with E-state index in [-0.39, 0.29) is 0 Å². The third kappa shape index (κ3) is 4.38. The molecular formula is C41H26N2OS. The second kappa shape index (κ2) is 10.5. The topological polar surface area (TPSA) is 29.3 Å². The molecule has 0 radical (unpaired) electrons. The summed E-state index contributed by atoms with van der Waals surface area (Å²) in [5.41, 5.74) is 8.10. The molecule has 212 valence electrons. The van der Waals surface area contributed by atoms with Gasteiger partial charge in [0.2, 0.25) is 5.89 Å². The van der Waals surface area contributed by atoms with Gasteiger partial charge in [-0.3, -0.25) is 0 Å². The normalized spacial score (nSPS) is 11.6. The molecule has 0 aliphatic heterocycles. The SMILES string of the molecule is c1ccc(-c2nc3c(-c4ccc(N(c5ccccc5)c5ccc6c(c5)sc5c7ccccc7ccc65)cc4)cccc3o2)cc1. The van der Waals surface area contributed by atoms with Crippen LogP contribution < -0.4 is 4.90 Å². The number of rotatable bonds is 5. The quantitative estimate of drug-likeness (QED) is 0.198.